The molecule has 2 amide bonds. The monoisotopic (exact) mass is 459 g/mol. The molecule has 18 heavy (non-hydrogen) atoms. The lowest BCUT2D eigenvalue weighted by Gasteiger charge is -1.98. The summed E-state index contributed by atoms with van der Waals surface area (Å²) < 4.78 is 2.04. The van der Waals surface area contributed by atoms with Crippen molar-refractivity contribution >= 4 is 71.4 Å². The first-order chi connectivity index (χ1) is 8.45. The van der Waals surface area contributed by atoms with E-state index in [1.807, 2.05) is 18.2 Å². The Hall–Kier alpha value is 0.0900. The van der Waals surface area contributed by atoms with Crippen molar-refractivity contribution in [3.05, 3.63) is 33.3 Å². The molecule has 0 N–H and O–H groups in total. The number of benzene rings is 1. The fourth-order valence-corrected chi connectivity index (χ4v) is 2.77. The van der Waals surface area contributed by atoms with Crippen molar-refractivity contribution in [1.29, 1.82) is 0 Å². The van der Waals surface area contributed by atoms with Gasteiger partial charge in [0.25, 0.3) is 0 Å². The van der Waals surface area contributed by atoms with Crippen LogP contribution in [0.15, 0.2) is 22.7 Å². The predicted molar refractivity (Wildman–Crippen MR) is 81.8 cm³/mol. The van der Waals surface area contributed by atoms with Crippen molar-refractivity contribution in [3.8, 4) is 0 Å². The number of amides is 2. The fourth-order valence-electron chi connectivity index (χ4n) is 1.19. The molecule has 1 aliphatic rings. The Bertz CT molecular complexity index is 452. The van der Waals surface area contributed by atoms with E-state index in [1.54, 1.807) is 0 Å². The van der Waals surface area contributed by atoms with E-state index in [4.69, 9.17) is 11.6 Å². The Morgan fingerprint density at radius 3 is 2.11 bits per heavy atom. The molecule has 0 aliphatic carbocycles. The third kappa shape index (κ3) is 4.64. The van der Waals surface area contributed by atoms with E-state index < -0.39 is 0 Å². The van der Waals surface area contributed by atoms with Crippen LogP contribution in [0.3, 0.4) is 0 Å². The summed E-state index contributed by atoms with van der Waals surface area (Å²) in [5.41, 5.74) is 1.11. The molecule has 3 nitrogen and oxygen atoms in total. The molecule has 7 heteroatoms. The molecule has 1 aliphatic heterocycles. The Morgan fingerprint density at radius 2 is 1.78 bits per heavy atom. The van der Waals surface area contributed by atoms with Gasteiger partial charge in [-0.2, -0.15) is 0 Å². The number of alkyl halides is 1. The zero-order valence-corrected chi connectivity index (χ0v) is 14.6. The molecule has 0 unspecified atom stereocenters. The fraction of sp³-hybridized carbons (Fsp3) is 0.273. The molecule has 0 saturated carbocycles. The second-order valence-electron chi connectivity index (χ2n) is 3.44. The summed E-state index contributed by atoms with van der Waals surface area (Å²) >= 11 is 15.3. The lowest BCUT2D eigenvalue weighted by molar-refractivity contribution is -0.131. The highest BCUT2D eigenvalue weighted by molar-refractivity contribution is 9.10. The van der Waals surface area contributed by atoms with Crippen LogP contribution < -0.4 is 0 Å². The number of nitrogens with zero attached hydrogens (tertiary/aromatic N) is 1. The van der Waals surface area contributed by atoms with Crippen LogP contribution >= 0.6 is 59.6 Å². The van der Waals surface area contributed by atoms with Crippen LogP contribution in [0.25, 0.3) is 0 Å². The van der Waals surface area contributed by atoms with Gasteiger partial charge in [-0.05, 0) is 23.8 Å². The summed E-state index contributed by atoms with van der Waals surface area (Å²) in [6.45, 7) is 0. The lowest BCUT2D eigenvalue weighted by atomic mass is 10.2. The first-order valence-electron chi connectivity index (χ1n) is 4.97. The van der Waals surface area contributed by atoms with Gasteiger partial charge in [-0.15, -0.1) is 0 Å². The van der Waals surface area contributed by atoms with Crippen molar-refractivity contribution in [3.63, 3.8) is 0 Å². The van der Waals surface area contributed by atoms with Gasteiger partial charge in [0.05, 0.1) is 16.1 Å². The molecule has 0 atom stereocenters. The highest BCUT2D eigenvalue weighted by atomic mass is 79.9. The van der Waals surface area contributed by atoms with Crippen LogP contribution in [-0.2, 0) is 14.9 Å². The third-order valence-corrected chi connectivity index (χ3v) is 4.40. The zero-order chi connectivity index (χ0) is 13.7. The van der Waals surface area contributed by atoms with Crippen molar-refractivity contribution in [2.45, 2.75) is 18.2 Å². The van der Waals surface area contributed by atoms with Crippen LogP contribution in [0.2, 0.25) is 5.02 Å². The number of imide groups is 1. The molecule has 98 valence electrons. The van der Waals surface area contributed by atoms with E-state index in [0.717, 1.165) is 24.3 Å². The molecule has 0 bridgehead atoms. The molecule has 0 radical (unpaired) electrons. The topological polar surface area (TPSA) is 37.4 Å². The van der Waals surface area contributed by atoms with Crippen LogP contribution in [0.4, 0.5) is 0 Å². The molecule has 1 aromatic rings. The van der Waals surface area contributed by atoms with Gasteiger partial charge < -0.3 is 0 Å². The van der Waals surface area contributed by atoms with E-state index in [1.165, 1.54) is 0 Å². The largest absolute Gasteiger partial charge is 0.274 e. The molecule has 0 spiro atoms. The standard InChI is InChI=1S/C7H5Br2Cl.C4H4BrNO2/c8-4-5-3-6(9)1-2-7(5)10;5-6-3(7)1-2-4(6)8/h1-3H,4H2;1-2H2. The minimum atomic E-state index is -0.144. The molecule has 1 saturated heterocycles. The van der Waals surface area contributed by atoms with Gasteiger partial charge in [-0.1, -0.05) is 43.5 Å². The first kappa shape index (κ1) is 16.1. The highest BCUT2D eigenvalue weighted by Crippen LogP contribution is 2.22. The normalized spacial score (nSPS) is 14.6. The quantitative estimate of drug-likeness (QED) is 0.352. The van der Waals surface area contributed by atoms with E-state index in [-0.39, 0.29) is 11.8 Å². The molecule has 1 aromatic carbocycles. The van der Waals surface area contributed by atoms with Gasteiger partial charge in [-0.25, -0.2) is 3.93 Å². The molecule has 0 aromatic heterocycles. The van der Waals surface area contributed by atoms with Crippen molar-refractivity contribution in [2.75, 3.05) is 0 Å². The van der Waals surface area contributed by atoms with Crippen molar-refractivity contribution in [2.24, 2.45) is 0 Å². The molecule has 1 heterocycles. The minimum Gasteiger partial charge on any atom is -0.274 e. The number of hydrogen-bond donors (Lipinski definition) is 0. The summed E-state index contributed by atoms with van der Waals surface area (Å²) in [6, 6.07) is 5.80. The average Bonchev–Trinajstić information content (AvgIpc) is 2.64. The lowest BCUT2D eigenvalue weighted by Crippen LogP contribution is -2.16. The number of hydrogen-bond acceptors (Lipinski definition) is 2. The van der Waals surface area contributed by atoms with Gasteiger partial charge >= 0.3 is 0 Å². The van der Waals surface area contributed by atoms with Crippen molar-refractivity contribution < 1.29 is 9.59 Å². The maximum absolute atomic E-state index is 10.4. The number of carbonyl (C=O) groups excluding carboxylic acids is 2. The maximum atomic E-state index is 10.4. The molecular weight excluding hydrogens is 453 g/mol. The Kier molecular flexibility index (Phi) is 6.84. The summed E-state index contributed by atoms with van der Waals surface area (Å²) in [5, 5.41) is 1.60. The Labute approximate surface area is 135 Å². The van der Waals surface area contributed by atoms with Crippen molar-refractivity contribution in [1.82, 2.24) is 3.93 Å². The SMILES string of the molecule is Clc1ccc(Br)cc1CBr.O=C1CCC(=O)N1Br. The molecule has 2 rings (SSSR count). The smallest absolute Gasteiger partial charge is 0.239 e. The summed E-state index contributed by atoms with van der Waals surface area (Å²) in [4.78, 5) is 20.9. The minimum absolute atomic E-state index is 0.144. The summed E-state index contributed by atoms with van der Waals surface area (Å²) in [7, 11) is 0. The van der Waals surface area contributed by atoms with E-state index in [2.05, 4.69) is 48.0 Å². The molecular formula is C11H9Br3ClNO2. The third-order valence-electron chi connectivity index (χ3n) is 2.14. The summed E-state index contributed by atoms with van der Waals surface area (Å²) in [6.07, 6.45) is 0.703. The van der Waals surface area contributed by atoms with Gasteiger partial charge in [0.2, 0.25) is 11.8 Å². The second kappa shape index (κ2) is 7.62. The number of halogens is 4. The van der Waals surface area contributed by atoms with Crippen LogP contribution in [0, 0.1) is 0 Å². The average molecular weight is 462 g/mol. The molecule has 1 fully saturated rings. The summed E-state index contributed by atoms with van der Waals surface area (Å²) in [5.74, 6) is -0.287. The van der Waals surface area contributed by atoms with Gasteiger partial charge in [0, 0.05) is 27.7 Å². The van der Waals surface area contributed by atoms with E-state index in [0.29, 0.717) is 12.8 Å². The zero-order valence-electron chi connectivity index (χ0n) is 9.13. The van der Waals surface area contributed by atoms with Crippen LogP contribution in [0.1, 0.15) is 18.4 Å². The number of carbonyl (C=O) groups is 2. The van der Waals surface area contributed by atoms with Crippen LogP contribution in [-0.4, -0.2) is 15.7 Å². The number of rotatable bonds is 1. The predicted octanol–water partition coefficient (Wildman–Crippen LogP) is 4.44. The Balaban J connectivity index is 0.000000184. The Morgan fingerprint density at radius 1 is 1.22 bits per heavy atom. The van der Waals surface area contributed by atoms with Gasteiger partial charge in [-0.3, -0.25) is 9.59 Å². The second-order valence-corrected chi connectivity index (χ2v) is 6.03. The highest BCUT2D eigenvalue weighted by Gasteiger charge is 2.26. The first-order valence-corrected chi connectivity index (χ1v) is 7.97. The van der Waals surface area contributed by atoms with Crippen LogP contribution in [0.5, 0.6) is 0 Å². The maximum Gasteiger partial charge on any atom is 0.239 e. The van der Waals surface area contributed by atoms with Gasteiger partial charge in [0.15, 0.2) is 0 Å². The van der Waals surface area contributed by atoms with E-state index >= 15 is 0 Å². The van der Waals surface area contributed by atoms with E-state index in [9.17, 15) is 9.59 Å². The van der Waals surface area contributed by atoms with Gasteiger partial charge in [0.1, 0.15) is 0 Å².